The van der Waals surface area contributed by atoms with Crippen molar-refractivity contribution >= 4 is 11.6 Å². The Labute approximate surface area is 121 Å². The van der Waals surface area contributed by atoms with E-state index >= 15 is 0 Å². The minimum Gasteiger partial charge on any atom is -0.330 e. The molecule has 0 spiro atoms. The Morgan fingerprint density at radius 2 is 2.00 bits per heavy atom. The van der Waals surface area contributed by atoms with Gasteiger partial charge in [-0.3, -0.25) is 4.79 Å². The van der Waals surface area contributed by atoms with Gasteiger partial charge in [-0.25, -0.2) is 0 Å². The van der Waals surface area contributed by atoms with Gasteiger partial charge < -0.3 is 11.1 Å². The van der Waals surface area contributed by atoms with Crippen molar-refractivity contribution in [3.8, 4) is 0 Å². The first-order valence-corrected chi connectivity index (χ1v) is 7.54. The van der Waals surface area contributed by atoms with Crippen LogP contribution in [0.5, 0.6) is 0 Å². The highest BCUT2D eigenvalue weighted by Crippen LogP contribution is 2.34. The van der Waals surface area contributed by atoms with Crippen LogP contribution < -0.4 is 11.1 Å². The van der Waals surface area contributed by atoms with Gasteiger partial charge in [-0.05, 0) is 42.3 Å². The van der Waals surface area contributed by atoms with Crippen LogP contribution in [0.15, 0.2) is 24.3 Å². The van der Waals surface area contributed by atoms with Gasteiger partial charge in [0.15, 0.2) is 0 Å². The number of rotatable bonds is 3. The van der Waals surface area contributed by atoms with Crippen molar-refractivity contribution in [2.24, 2.45) is 17.6 Å². The summed E-state index contributed by atoms with van der Waals surface area (Å²) in [7, 11) is 0. The summed E-state index contributed by atoms with van der Waals surface area (Å²) in [6, 6.07) is 8.07. The van der Waals surface area contributed by atoms with Crippen molar-refractivity contribution in [2.45, 2.75) is 45.4 Å². The molecule has 1 fully saturated rings. The first-order chi connectivity index (χ1) is 9.43. The maximum absolute atomic E-state index is 12.5. The first-order valence-electron chi connectivity index (χ1n) is 7.54. The van der Waals surface area contributed by atoms with Crippen LogP contribution in [0.3, 0.4) is 0 Å². The van der Waals surface area contributed by atoms with Gasteiger partial charge in [-0.2, -0.15) is 0 Å². The molecule has 0 aliphatic heterocycles. The van der Waals surface area contributed by atoms with Gasteiger partial charge in [0.2, 0.25) is 5.91 Å². The molecule has 3 N–H and O–H groups in total. The second-order valence-electron chi connectivity index (χ2n) is 6.82. The Balaban J connectivity index is 2.16. The summed E-state index contributed by atoms with van der Waals surface area (Å²) in [6.45, 7) is 7.10. The number of carbonyl (C=O) groups is 1. The molecule has 110 valence electrons. The maximum Gasteiger partial charge on any atom is 0.227 e. The van der Waals surface area contributed by atoms with Crippen molar-refractivity contribution in [3.05, 3.63) is 29.8 Å². The summed E-state index contributed by atoms with van der Waals surface area (Å²) in [5, 5.41) is 3.13. The average molecular weight is 274 g/mol. The molecule has 3 nitrogen and oxygen atoms in total. The number of anilines is 1. The Morgan fingerprint density at radius 1 is 1.30 bits per heavy atom. The number of hydrogen-bond donors (Lipinski definition) is 2. The maximum atomic E-state index is 12.5. The lowest BCUT2D eigenvalue weighted by Gasteiger charge is -2.24. The van der Waals surface area contributed by atoms with Crippen molar-refractivity contribution in [3.63, 3.8) is 0 Å². The third-order valence-corrected chi connectivity index (χ3v) is 4.29. The molecule has 0 unspecified atom stereocenters. The number of benzene rings is 1. The zero-order valence-corrected chi connectivity index (χ0v) is 12.8. The summed E-state index contributed by atoms with van der Waals surface area (Å²) >= 11 is 0. The summed E-state index contributed by atoms with van der Waals surface area (Å²) in [5.74, 6) is 0.555. The number of hydrogen-bond acceptors (Lipinski definition) is 2. The lowest BCUT2D eigenvalue weighted by molar-refractivity contribution is -0.120. The molecule has 0 saturated heterocycles. The molecule has 1 saturated carbocycles. The van der Waals surface area contributed by atoms with Crippen LogP contribution in [0.1, 0.15) is 45.6 Å². The fraction of sp³-hybridized carbons (Fsp3) is 0.588. The lowest BCUT2D eigenvalue weighted by Crippen LogP contribution is -2.30. The summed E-state index contributed by atoms with van der Waals surface area (Å²) < 4.78 is 0. The number of carbonyl (C=O) groups excluding carboxylic acids is 1. The molecule has 0 radical (unpaired) electrons. The van der Waals surface area contributed by atoms with Crippen LogP contribution in [0, 0.1) is 11.8 Å². The summed E-state index contributed by atoms with van der Waals surface area (Å²) in [6.07, 6.45) is 3.15. The van der Waals surface area contributed by atoms with Crippen molar-refractivity contribution in [1.29, 1.82) is 0 Å². The highest BCUT2D eigenvalue weighted by atomic mass is 16.1. The number of nitrogens with one attached hydrogen (secondary N) is 1. The van der Waals surface area contributed by atoms with E-state index in [1.807, 2.05) is 18.2 Å². The first kappa shape index (κ1) is 15.0. The fourth-order valence-electron chi connectivity index (χ4n) is 3.14. The van der Waals surface area contributed by atoms with E-state index in [0.717, 1.165) is 24.9 Å². The molecule has 1 aromatic rings. The molecule has 1 amide bonds. The third-order valence-electron chi connectivity index (χ3n) is 4.29. The molecule has 0 bridgehead atoms. The zero-order valence-electron chi connectivity index (χ0n) is 12.8. The number of amides is 1. The normalized spacial score (nSPS) is 22.8. The van der Waals surface area contributed by atoms with E-state index in [4.69, 9.17) is 5.73 Å². The third kappa shape index (κ3) is 3.21. The van der Waals surface area contributed by atoms with Gasteiger partial charge in [-0.15, -0.1) is 0 Å². The Morgan fingerprint density at radius 3 is 2.65 bits per heavy atom. The van der Waals surface area contributed by atoms with Crippen LogP contribution in [0.2, 0.25) is 0 Å². The monoisotopic (exact) mass is 274 g/mol. The van der Waals surface area contributed by atoms with Crippen molar-refractivity contribution < 1.29 is 4.79 Å². The van der Waals surface area contributed by atoms with E-state index in [1.54, 1.807) is 0 Å². The number of nitrogens with two attached hydrogens (primary N) is 1. The molecule has 2 rings (SSSR count). The fourth-order valence-corrected chi connectivity index (χ4v) is 3.14. The van der Waals surface area contributed by atoms with Gasteiger partial charge in [0.05, 0.1) is 0 Å². The Bertz CT molecular complexity index is 476. The summed E-state index contributed by atoms with van der Waals surface area (Å²) in [4.78, 5) is 12.5. The van der Waals surface area contributed by atoms with Gasteiger partial charge in [0.1, 0.15) is 0 Å². The van der Waals surface area contributed by atoms with Crippen LogP contribution in [0.25, 0.3) is 0 Å². The van der Waals surface area contributed by atoms with E-state index in [2.05, 4.69) is 32.2 Å². The highest BCUT2D eigenvalue weighted by Gasteiger charge is 2.32. The topological polar surface area (TPSA) is 55.1 Å². The van der Waals surface area contributed by atoms with Gasteiger partial charge in [-0.1, -0.05) is 45.4 Å². The van der Waals surface area contributed by atoms with Gasteiger partial charge >= 0.3 is 0 Å². The van der Waals surface area contributed by atoms with E-state index in [9.17, 15) is 4.79 Å². The largest absolute Gasteiger partial charge is 0.330 e. The molecule has 1 aliphatic carbocycles. The van der Waals surface area contributed by atoms with Crippen molar-refractivity contribution in [1.82, 2.24) is 0 Å². The predicted molar refractivity (Wildman–Crippen MR) is 83.7 cm³/mol. The second kappa shape index (κ2) is 5.96. The minimum absolute atomic E-state index is 0.0207. The average Bonchev–Trinajstić information content (AvgIpc) is 2.86. The minimum atomic E-state index is 0.0207. The predicted octanol–water partition coefficient (Wildman–Crippen LogP) is 3.30. The highest BCUT2D eigenvalue weighted by molar-refractivity contribution is 5.93. The van der Waals surface area contributed by atoms with Gasteiger partial charge in [0.25, 0.3) is 0 Å². The zero-order chi connectivity index (χ0) is 14.8. The van der Waals surface area contributed by atoms with E-state index in [-0.39, 0.29) is 17.2 Å². The standard InChI is InChI=1S/C17H26N2O/c1-17(2,3)14-9-4-5-10-15(14)19-16(20)13-8-6-7-12(13)11-18/h4-5,9-10,12-13H,6-8,11,18H2,1-3H3,(H,19,20)/t12-,13-/m1/s1. The molecule has 0 heterocycles. The number of para-hydroxylation sites is 1. The van der Waals surface area contributed by atoms with Crippen LogP contribution in [0.4, 0.5) is 5.69 Å². The van der Waals surface area contributed by atoms with Crippen LogP contribution in [-0.2, 0) is 10.2 Å². The molecular weight excluding hydrogens is 248 g/mol. The smallest absolute Gasteiger partial charge is 0.227 e. The van der Waals surface area contributed by atoms with Crippen molar-refractivity contribution in [2.75, 3.05) is 11.9 Å². The molecule has 2 atom stereocenters. The Kier molecular flexibility index (Phi) is 4.48. The molecule has 1 aliphatic rings. The molecule has 3 heteroatoms. The molecule has 0 aromatic heterocycles. The molecule has 1 aromatic carbocycles. The second-order valence-corrected chi connectivity index (χ2v) is 6.82. The molecular formula is C17H26N2O. The molecule has 20 heavy (non-hydrogen) atoms. The summed E-state index contributed by atoms with van der Waals surface area (Å²) in [5.41, 5.74) is 7.91. The van der Waals surface area contributed by atoms with Gasteiger partial charge in [0, 0.05) is 11.6 Å². The van der Waals surface area contributed by atoms with E-state index < -0.39 is 0 Å². The Hall–Kier alpha value is -1.35. The van der Waals surface area contributed by atoms with E-state index in [1.165, 1.54) is 5.56 Å². The van der Waals surface area contributed by atoms with Crippen LogP contribution in [-0.4, -0.2) is 12.5 Å². The SMILES string of the molecule is CC(C)(C)c1ccccc1NC(=O)[C@@H]1CCC[C@@H]1CN. The van der Waals surface area contributed by atoms with Crippen LogP contribution >= 0.6 is 0 Å². The quantitative estimate of drug-likeness (QED) is 0.888. The lowest BCUT2D eigenvalue weighted by atomic mass is 9.85. The van der Waals surface area contributed by atoms with E-state index in [0.29, 0.717) is 12.5 Å².